The predicted molar refractivity (Wildman–Crippen MR) is 96.1 cm³/mol. The summed E-state index contributed by atoms with van der Waals surface area (Å²) in [6.07, 6.45) is 4.88. The number of hydrogen-bond acceptors (Lipinski definition) is 5. The van der Waals surface area contributed by atoms with Gasteiger partial charge in [0.1, 0.15) is 5.69 Å². The fourth-order valence-electron chi connectivity index (χ4n) is 4.13. The first kappa shape index (κ1) is 16.2. The molecule has 0 spiro atoms. The van der Waals surface area contributed by atoms with Crippen LogP contribution >= 0.6 is 0 Å². The molecule has 2 aliphatic carbocycles. The third-order valence-corrected chi connectivity index (χ3v) is 5.96. The van der Waals surface area contributed by atoms with Gasteiger partial charge in [0.15, 0.2) is 5.82 Å². The second kappa shape index (κ2) is 5.77. The maximum atomic E-state index is 11.1. The van der Waals surface area contributed by atoms with Crippen LogP contribution in [0.3, 0.4) is 0 Å². The average Bonchev–Trinajstić information content (AvgIpc) is 3.03. The summed E-state index contributed by atoms with van der Waals surface area (Å²) in [5, 5.41) is 17.7. The van der Waals surface area contributed by atoms with E-state index in [1.54, 1.807) is 6.20 Å². The molecule has 0 unspecified atom stereocenters. The number of carboxylic acid groups (broad SMARTS) is 1. The summed E-state index contributed by atoms with van der Waals surface area (Å²) in [6.45, 7) is 2.11. The molecule has 7 heteroatoms. The zero-order valence-electron chi connectivity index (χ0n) is 15.0. The van der Waals surface area contributed by atoms with Gasteiger partial charge in [-0.15, -0.1) is 0 Å². The molecule has 0 bridgehead atoms. The van der Waals surface area contributed by atoms with E-state index in [0.717, 1.165) is 24.4 Å². The second-order valence-electron chi connectivity index (χ2n) is 7.64. The molecule has 2 aliphatic rings. The highest BCUT2D eigenvalue weighted by atomic mass is 16.5. The van der Waals surface area contributed by atoms with Crippen LogP contribution in [-0.4, -0.2) is 31.0 Å². The minimum absolute atomic E-state index is 0.0673. The molecule has 3 aromatic rings. The molecule has 0 aliphatic heterocycles. The Morgan fingerprint density at radius 1 is 1.26 bits per heavy atom. The number of aromatic nitrogens is 4. The summed E-state index contributed by atoms with van der Waals surface area (Å²) in [6, 6.07) is 10.3. The first-order valence-corrected chi connectivity index (χ1v) is 9.25. The number of benzene rings is 1. The number of aliphatic carboxylic acids is 1. The highest BCUT2D eigenvalue weighted by Gasteiger charge is 2.50. The summed E-state index contributed by atoms with van der Waals surface area (Å²) >= 11 is 0. The van der Waals surface area contributed by atoms with E-state index in [-0.39, 0.29) is 17.4 Å². The van der Waals surface area contributed by atoms with Crippen LogP contribution in [0.2, 0.25) is 0 Å². The van der Waals surface area contributed by atoms with E-state index < -0.39 is 5.97 Å². The molecule has 0 amide bonds. The van der Waals surface area contributed by atoms with Crippen molar-refractivity contribution in [2.45, 2.75) is 44.1 Å². The van der Waals surface area contributed by atoms with Crippen LogP contribution in [0.4, 0.5) is 0 Å². The summed E-state index contributed by atoms with van der Waals surface area (Å²) < 4.78 is 7.42. The average molecular weight is 364 g/mol. The lowest BCUT2D eigenvalue weighted by molar-refractivity contribution is -0.146. The highest BCUT2D eigenvalue weighted by molar-refractivity contribution is 5.71. The molecule has 7 nitrogen and oxygen atoms in total. The van der Waals surface area contributed by atoms with Crippen LogP contribution in [0, 0.1) is 12.8 Å². The summed E-state index contributed by atoms with van der Waals surface area (Å²) in [5.74, 6) is 0.132. The molecule has 1 aromatic carbocycles. The quantitative estimate of drug-likeness (QED) is 0.746. The second-order valence-corrected chi connectivity index (χ2v) is 7.64. The summed E-state index contributed by atoms with van der Waals surface area (Å²) in [7, 11) is 0. The first-order chi connectivity index (χ1) is 13.1. The lowest BCUT2D eigenvalue weighted by Crippen LogP contribution is -2.33. The molecule has 0 radical (unpaired) electrons. The van der Waals surface area contributed by atoms with E-state index in [0.29, 0.717) is 18.7 Å². The standard InChI is InChI=1S/C20H20N4O3/c1-12-4-2-3-5-15(12)20(7-8-20)19-22-17(27-23-19)16-6-9-21-24(16)14-10-13(11-14)18(25)26/h2-6,9,13-14H,7-8,10-11H2,1H3,(H,25,26). The first-order valence-electron chi connectivity index (χ1n) is 9.25. The number of hydrogen-bond donors (Lipinski definition) is 1. The van der Waals surface area contributed by atoms with Gasteiger partial charge in [0.05, 0.1) is 17.4 Å². The monoisotopic (exact) mass is 364 g/mol. The molecule has 1 N–H and O–H groups in total. The molecular weight excluding hydrogens is 344 g/mol. The van der Waals surface area contributed by atoms with Gasteiger partial charge in [-0.1, -0.05) is 29.4 Å². The van der Waals surface area contributed by atoms with Crippen molar-refractivity contribution in [1.29, 1.82) is 0 Å². The Bertz CT molecular complexity index is 1010. The fourth-order valence-corrected chi connectivity index (χ4v) is 4.13. The number of aryl methyl sites for hydroxylation is 1. The molecule has 0 atom stereocenters. The van der Waals surface area contributed by atoms with Gasteiger partial charge in [0.2, 0.25) is 0 Å². The minimum atomic E-state index is -0.742. The van der Waals surface area contributed by atoms with Gasteiger partial charge in [0, 0.05) is 6.20 Å². The van der Waals surface area contributed by atoms with Gasteiger partial charge >= 0.3 is 5.97 Å². The fraction of sp³-hybridized carbons (Fsp3) is 0.400. The van der Waals surface area contributed by atoms with Crippen LogP contribution in [0.1, 0.15) is 48.7 Å². The van der Waals surface area contributed by atoms with Crippen molar-refractivity contribution in [1.82, 2.24) is 19.9 Å². The van der Waals surface area contributed by atoms with Crippen molar-refractivity contribution in [3.05, 3.63) is 53.5 Å². The van der Waals surface area contributed by atoms with Crippen molar-refractivity contribution in [3.8, 4) is 11.6 Å². The van der Waals surface area contributed by atoms with Gasteiger partial charge in [-0.2, -0.15) is 10.1 Å². The zero-order chi connectivity index (χ0) is 18.6. The largest absolute Gasteiger partial charge is 0.481 e. The molecule has 2 heterocycles. The van der Waals surface area contributed by atoms with Gasteiger partial charge in [-0.25, -0.2) is 0 Å². The number of nitrogens with zero attached hydrogens (tertiary/aromatic N) is 4. The van der Waals surface area contributed by atoms with Crippen LogP contribution in [0.5, 0.6) is 0 Å². The number of rotatable bonds is 5. The van der Waals surface area contributed by atoms with E-state index in [9.17, 15) is 4.79 Å². The Labute approximate surface area is 156 Å². The lowest BCUT2D eigenvalue weighted by atomic mass is 9.80. The van der Waals surface area contributed by atoms with E-state index in [2.05, 4.69) is 29.3 Å². The molecule has 2 fully saturated rings. The Hall–Kier alpha value is -2.96. The third-order valence-electron chi connectivity index (χ3n) is 5.96. The van der Waals surface area contributed by atoms with E-state index in [1.807, 2.05) is 22.9 Å². The van der Waals surface area contributed by atoms with Gasteiger partial charge in [0.25, 0.3) is 5.89 Å². The van der Waals surface area contributed by atoms with E-state index >= 15 is 0 Å². The molecule has 2 aromatic heterocycles. The molecule has 0 saturated heterocycles. The SMILES string of the molecule is Cc1ccccc1C1(c2noc(-c3ccnn3C3CC(C(=O)O)C3)n2)CC1. The molecule has 138 valence electrons. The maximum Gasteiger partial charge on any atom is 0.306 e. The molecule has 27 heavy (non-hydrogen) atoms. The highest BCUT2D eigenvalue weighted by Crippen LogP contribution is 2.53. The summed E-state index contributed by atoms with van der Waals surface area (Å²) in [5.41, 5.74) is 3.10. The van der Waals surface area contributed by atoms with Crippen molar-refractivity contribution < 1.29 is 14.4 Å². The van der Waals surface area contributed by atoms with Crippen LogP contribution in [0.15, 0.2) is 41.1 Å². The molecule has 2 saturated carbocycles. The van der Waals surface area contributed by atoms with Crippen molar-refractivity contribution >= 4 is 5.97 Å². The van der Waals surface area contributed by atoms with Crippen LogP contribution in [-0.2, 0) is 10.2 Å². The number of carboxylic acids is 1. The van der Waals surface area contributed by atoms with Crippen molar-refractivity contribution in [2.75, 3.05) is 0 Å². The van der Waals surface area contributed by atoms with Crippen molar-refractivity contribution in [3.63, 3.8) is 0 Å². The van der Waals surface area contributed by atoms with E-state index in [1.165, 1.54) is 11.1 Å². The van der Waals surface area contributed by atoms with Crippen LogP contribution < -0.4 is 0 Å². The maximum absolute atomic E-state index is 11.1. The van der Waals surface area contributed by atoms with Gasteiger partial charge in [-0.05, 0) is 49.8 Å². The number of carbonyl (C=O) groups is 1. The Balaban J connectivity index is 1.44. The lowest BCUT2D eigenvalue weighted by Gasteiger charge is -2.32. The molecular formula is C20H20N4O3. The van der Waals surface area contributed by atoms with Gasteiger partial charge < -0.3 is 9.63 Å². The smallest absolute Gasteiger partial charge is 0.306 e. The topological polar surface area (TPSA) is 94.0 Å². The van der Waals surface area contributed by atoms with E-state index in [4.69, 9.17) is 14.6 Å². The van der Waals surface area contributed by atoms with Crippen molar-refractivity contribution in [2.24, 2.45) is 5.92 Å². The normalized spacial score (nSPS) is 23.0. The van der Waals surface area contributed by atoms with Gasteiger partial charge in [-0.3, -0.25) is 9.48 Å². The third kappa shape index (κ3) is 2.49. The molecule has 5 rings (SSSR count). The Morgan fingerprint density at radius 3 is 2.74 bits per heavy atom. The zero-order valence-corrected chi connectivity index (χ0v) is 15.0. The Morgan fingerprint density at radius 2 is 2.04 bits per heavy atom. The predicted octanol–water partition coefficient (Wildman–Crippen LogP) is 3.36. The van der Waals surface area contributed by atoms with Crippen LogP contribution in [0.25, 0.3) is 11.6 Å². The summed E-state index contributed by atoms with van der Waals surface area (Å²) in [4.78, 5) is 15.8. The minimum Gasteiger partial charge on any atom is -0.481 e. The Kier molecular flexibility index (Phi) is 3.47.